The summed E-state index contributed by atoms with van der Waals surface area (Å²) >= 11 is 5.74. The molecule has 4 amide bonds. The molecule has 1 aromatic rings. The zero-order valence-corrected chi connectivity index (χ0v) is 17.5. The molecule has 3 heterocycles. The van der Waals surface area contributed by atoms with E-state index in [1.165, 1.54) is 29.0 Å². The first-order valence-electron chi connectivity index (χ1n) is 9.95. The largest absolute Gasteiger partial charge is 0.375 e. The van der Waals surface area contributed by atoms with E-state index in [-0.39, 0.29) is 47.9 Å². The number of halogens is 2. The van der Waals surface area contributed by atoms with Gasteiger partial charge >= 0.3 is 0 Å². The van der Waals surface area contributed by atoms with Crippen LogP contribution in [0.2, 0.25) is 5.02 Å². The van der Waals surface area contributed by atoms with Crippen LogP contribution >= 0.6 is 11.6 Å². The fourth-order valence-corrected chi connectivity index (χ4v) is 4.70. The quantitative estimate of drug-likeness (QED) is 0.664. The van der Waals surface area contributed by atoms with Gasteiger partial charge in [0.25, 0.3) is 5.91 Å². The second-order valence-corrected chi connectivity index (χ2v) is 8.32. The van der Waals surface area contributed by atoms with E-state index >= 15 is 0 Å². The molecule has 166 valence electrons. The highest BCUT2D eigenvalue weighted by Gasteiger charge is 2.52. The van der Waals surface area contributed by atoms with Gasteiger partial charge in [-0.15, -0.1) is 0 Å². The molecule has 4 rings (SSSR count). The maximum absolute atomic E-state index is 13.3. The first-order chi connectivity index (χ1) is 14.8. The number of amides is 4. The minimum atomic E-state index is -0.790. The monoisotopic (exact) mass is 452 g/mol. The van der Waals surface area contributed by atoms with Gasteiger partial charge < -0.3 is 25.2 Å². The number of benzene rings is 1. The van der Waals surface area contributed by atoms with Gasteiger partial charge in [0.2, 0.25) is 17.7 Å². The van der Waals surface area contributed by atoms with Gasteiger partial charge in [0, 0.05) is 31.8 Å². The Labute approximate surface area is 182 Å². The van der Waals surface area contributed by atoms with E-state index in [1.54, 1.807) is 0 Å². The summed E-state index contributed by atoms with van der Waals surface area (Å²) < 4.78 is 18.3. The molecule has 0 bridgehead atoms. The van der Waals surface area contributed by atoms with E-state index in [0.29, 0.717) is 13.0 Å². The van der Waals surface area contributed by atoms with Crippen LogP contribution in [-0.2, 0) is 19.1 Å². The maximum Gasteiger partial charge on any atom is 0.251 e. The highest BCUT2D eigenvalue weighted by atomic mass is 35.5. The zero-order valence-electron chi connectivity index (χ0n) is 16.8. The number of rotatable bonds is 4. The number of hydrogen-bond acceptors (Lipinski definition) is 5. The summed E-state index contributed by atoms with van der Waals surface area (Å²) in [7, 11) is 1.40. The molecule has 0 aromatic heterocycles. The zero-order chi connectivity index (χ0) is 22.3. The summed E-state index contributed by atoms with van der Waals surface area (Å²) in [5, 5.41) is 5.49. The minimum Gasteiger partial charge on any atom is -0.375 e. The van der Waals surface area contributed by atoms with Gasteiger partial charge in [-0.2, -0.15) is 0 Å². The normalized spacial score (nSPS) is 27.5. The van der Waals surface area contributed by atoms with E-state index < -0.39 is 35.9 Å². The van der Waals surface area contributed by atoms with Crippen LogP contribution in [-0.4, -0.2) is 84.4 Å². The summed E-state index contributed by atoms with van der Waals surface area (Å²) in [6.45, 7) is 0.341. The molecule has 0 radical (unpaired) electrons. The van der Waals surface area contributed by atoms with Gasteiger partial charge in [0.1, 0.15) is 24.5 Å². The molecule has 9 nitrogen and oxygen atoms in total. The number of fused-ring (bicyclic) bond motifs is 2. The predicted octanol–water partition coefficient (Wildman–Crippen LogP) is -0.0759. The molecule has 0 aliphatic carbocycles. The fraction of sp³-hybridized carbons (Fsp3) is 0.500. The van der Waals surface area contributed by atoms with Crippen LogP contribution in [0.25, 0.3) is 0 Å². The highest BCUT2D eigenvalue weighted by Crippen LogP contribution is 2.29. The second kappa shape index (κ2) is 8.43. The van der Waals surface area contributed by atoms with Crippen molar-refractivity contribution in [1.82, 2.24) is 20.4 Å². The van der Waals surface area contributed by atoms with Gasteiger partial charge in [0.15, 0.2) is 0 Å². The van der Waals surface area contributed by atoms with Crippen molar-refractivity contribution in [2.75, 3.05) is 26.8 Å². The number of methoxy groups -OCH3 is 1. The average molecular weight is 453 g/mol. The standard InChI is InChI=1S/C20H22ClFN4O5/c1-31-9-16(27)25-5-4-14-17(25)20(30)26-8-11(7-15(26)19(29)24-14)23-18(28)10-2-3-13(22)12(21)6-10/h2-3,6,11,14-15,17H,4-5,7-9H2,1H3,(H,23,28)(H,24,29)/t11-,14-,15+,17-/m0/s1. The number of hydrogen-bond donors (Lipinski definition) is 2. The van der Waals surface area contributed by atoms with Crippen LogP contribution < -0.4 is 10.6 Å². The first kappa shape index (κ1) is 21.5. The summed E-state index contributed by atoms with van der Waals surface area (Å²) in [6.07, 6.45) is 0.730. The van der Waals surface area contributed by atoms with Crippen molar-refractivity contribution in [3.63, 3.8) is 0 Å². The van der Waals surface area contributed by atoms with Crippen molar-refractivity contribution in [3.8, 4) is 0 Å². The summed E-state index contributed by atoms with van der Waals surface area (Å²) in [4.78, 5) is 53.8. The predicted molar refractivity (Wildman–Crippen MR) is 107 cm³/mol. The summed E-state index contributed by atoms with van der Waals surface area (Å²) in [5.41, 5.74) is 0.177. The van der Waals surface area contributed by atoms with Crippen LogP contribution in [0.1, 0.15) is 23.2 Å². The Kier molecular flexibility index (Phi) is 5.85. The van der Waals surface area contributed by atoms with Crippen molar-refractivity contribution in [2.45, 2.75) is 37.0 Å². The Balaban J connectivity index is 1.49. The molecule has 3 aliphatic heterocycles. The molecule has 31 heavy (non-hydrogen) atoms. The third kappa shape index (κ3) is 3.97. The number of nitrogens with one attached hydrogen (secondary N) is 2. The molecule has 3 fully saturated rings. The molecule has 3 saturated heterocycles. The molecule has 11 heteroatoms. The SMILES string of the molecule is COCC(=O)N1CC[C@@H]2NC(=O)[C@H]3C[C@H](NC(=O)c4ccc(F)c(Cl)c4)CN3C(=O)[C@H]21. The molecular weight excluding hydrogens is 431 g/mol. The van der Waals surface area contributed by atoms with Crippen molar-refractivity contribution < 1.29 is 28.3 Å². The Morgan fingerprint density at radius 1 is 1.35 bits per heavy atom. The Bertz CT molecular complexity index is 944. The number of carbonyl (C=O) groups excluding carboxylic acids is 4. The number of nitrogens with zero attached hydrogens (tertiary/aromatic N) is 2. The minimum absolute atomic E-state index is 0.132. The van der Waals surface area contributed by atoms with Crippen LogP contribution in [0.5, 0.6) is 0 Å². The Hall–Kier alpha value is -2.72. The van der Waals surface area contributed by atoms with Crippen LogP contribution in [0.15, 0.2) is 18.2 Å². The lowest BCUT2D eigenvalue weighted by atomic mass is 10.1. The lowest BCUT2D eigenvalue weighted by molar-refractivity contribution is -0.146. The van der Waals surface area contributed by atoms with Gasteiger partial charge in [-0.25, -0.2) is 4.39 Å². The van der Waals surface area contributed by atoms with Crippen molar-refractivity contribution >= 4 is 35.2 Å². The number of carbonyl (C=O) groups is 4. The molecule has 0 saturated carbocycles. The first-order valence-corrected chi connectivity index (χ1v) is 10.3. The fourth-order valence-electron chi connectivity index (χ4n) is 4.52. The van der Waals surface area contributed by atoms with Crippen LogP contribution in [0, 0.1) is 5.82 Å². The van der Waals surface area contributed by atoms with Crippen molar-refractivity contribution in [3.05, 3.63) is 34.6 Å². The van der Waals surface area contributed by atoms with E-state index in [4.69, 9.17) is 16.3 Å². The molecule has 0 unspecified atom stereocenters. The molecular formula is C20H22ClFN4O5. The molecule has 2 N–H and O–H groups in total. The molecule has 3 aliphatic rings. The summed E-state index contributed by atoms with van der Waals surface area (Å²) in [6, 6.07) is 1.19. The molecule has 1 aromatic carbocycles. The lowest BCUT2D eigenvalue weighted by Crippen LogP contribution is -2.53. The molecule has 4 atom stereocenters. The van der Waals surface area contributed by atoms with E-state index in [1.807, 2.05) is 0 Å². The van der Waals surface area contributed by atoms with Crippen molar-refractivity contribution in [2.24, 2.45) is 0 Å². The smallest absolute Gasteiger partial charge is 0.251 e. The van der Waals surface area contributed by atoms with Gasteiger partial charge in [-0.1, -0.05) is 11.6 Å². The van der Waals surface area contributed by atoms with Crippen molar-refractivity contribution in [1.29, 1.82) is 0 Å². The van der Waals surface area contributed by atoms with Gasteiger partial charge in [0.05, 0.1) is 11.1 Å². The van der Waals surface area contributed by atoms with Crippen LogP contribution in [0.4, 0.5) is 4.39 Å². The van der Waals surface area contributed by atoms with E-state index in [9.17, 15) is 23.6 Å². The third-order valence-electron chi connectivity index (χ3n) is 5.97. The van der Waals surface area contributed by atoms with Gasteiger partial charge in [-0.05, 0) is 31.0 Å². The van der Waals surface area contributed by atoms with E-state index in [0.717, 1.165) is 6.07 Å². The van der Waals surface area contributed by atoms with E-state index in [2.05, 4.69) is 10.6 Å². The molecule has 0 spiro atoms. The lowest BCUT2D eigenvalue weighted by Gasteiger charge is -2.29. The number of ether oxygens (including phenoxy) is 1. The second-order valence-electron chi connectivity index (χ2n) is 7.91. The topological polar surface area (TPSA) is 108 Å². The number of likely N-dealkylation sites (tertiary alicyclic amines) is 1. The Morgan fingerprint density at radius 2 is 2.13 bits per heavy atom. The van der Waals surface area contributed by atoms with Crippen LogP contribution in [0.3, 0.4) is 0 Å². The van der Waals surface area contributed by atoms with Gasteiger partial charge in [-0.3, -0.25) is 19.2 Å². The summed E-state index contributed by atoms with van der Waals surface area (Å²) in [5.74, 6) is -2.05. The maximum atomic E-state index is 13.3. The highest BCUT2D eigenvalue weighted by molar-refractivity contribution is 6.31. The Morgan fingerprint density at radius 3 is 2.84 bits per heavy atom. The average Bonchev–Trinajstić information content (AvgIpc) is 3.32. The third-order valence-corrected chi connectivity index (χ3v) is 6.26.